The number of nitriles is 1. The molecule has 0 amide bonds. The predicted molar refractivity (Wildman–Crippen MR) is 121 cm³/mol. The number of sulfonamides is 1. The molecule has 7 heteroatoms. The van der Waals surface area contributed by atoms with Gasteiger partial charge in [-0.15, -0.1) is 0 Å². The fourth-order valence-electron chi connectivity index (χ4n) is 3.90. The topological polar surface area (TPSA) is 64.4 Å². The molecule has 0 aromatic heterocycles. The van der Waals surface area contributed by atoms with Crippen LogP contribution in [0.2, 0.25) is 0 Å². The molecule has 154 valence electrons. The highest BCUT2D eigenvalue weighted by Gasteiger charge is 2.34. The van der Waals surface area contributed by atoms with Crippen LogP contribution in [-0.2, 0) is 23.0 Å². The van der Waals surface area contributed by atoms with E-state index >= 15 is 0 Å². The van der Waals surface area contributed by atoms with Crippen molar-refractivity contribution in [3.05, 3.63) is 65.2 Å². The smallest absolute Gasteiger partial charge is 0.214 e. The van der Waals surface area contributed by atoms with Gasteiger partial charge in [0, 0.05) is 36.7 Å². The standard InChI is InChI=1S/C22H26BrN3O2S/c1-2-12-29(27,28)26-16-20-13-19(15-24)8-9-22(20)25(11-10-23)17-21(26)14-18-6-4-3-5-7-18/h3-9,13,21H,2,10-12,14,16-17H2,1H3. The second kappa shape index (κ2) is 9.75. The van der Waals surface area contributed by atoms with Gasteiger partial charge in [0.25, 0.3) is 0 Å². The third kappa shape index (κ3) is 5.19. The second-order valence-corrected chi connectivity index (χ2v) is 10.1. The summed E-state index contributed by atoms with van der Waals surface area (Å²) < 4.78 is 28.1. The Morgan fingerprint density at radius 2 is 1.97 bits per heavy atom. The first-order valence-electron chi connectivity index (χ1n) is 9.86. The van der Waals surface area contributed by atoms with E-state index in [1.54, 1.807) is 4.31 Å². The van der Waals surface area contributed by atoms with E-state index < -0.39 is 10.0 Å². The first-order valence-corrected chi connectivity index (χ1v) is 12.6. The van der Waals surface area contributed by atoms with Crippen LogP contribution in [0.15, 0.2) is 48.5 Å². The zero-order valence-corrected chi connectivity index (χ0v) is 19.0. The molecule has 0 bridgehead atoms. The molecule has 1 atom stereocenters. The molecule has 0 saturated heterocycles. The van der Waals surface area contributed by atoms with Crippen LogP contribution in [0.3, 0.4) is 0 Å². The van der Waals surface area contributed by atoms with E-state index in [0.717, 1.165) is 28.7 Å². The van der Waals surface area contributed by atoms with Gasteiger partial charge in [-0.05, 0) is 42.2 Å². The normalized spacial score (nSPS) is 17.4. The summed E-state index contributed by atoms with van der Waals surface area (Å²) in [6.45, 7) is 3.57. The van der Waals surface area contributed by atoms with Crippen LogP contribution in [0, 0.1) is 11.3 Å². The Kier molecular flexibility index (Phi) is 7.33. The lowest BCUT2D eigenvalue weighted by Crippen LogP contribution is -2.46. The zero-order chi connectivity index (χ0) is 20.9. The molecule has 0 aliphatic carbocycles. The van der Waals surface area contributed by atoms with Crippen molar-refractivity contribution in [1.82, 2.24) is 4.31 Å². The molecule has 3 rings (SSSR count). The van der Waals surface area contributed by atoms with Crippen LogP contribution in [0.1, 0.15) is 30.0 Å². The molecule has 1 heterocycles. The average molecular weight is 476 g/mol. The summed E-state index contributed by atoms with van der Waals surface area (Å²) in [5.41, 5.74) is 3.57. The molecular weight excluding hydrogens is 450 g/mol. The van der Waals surface area contributed by atoms with Crippen molar-refractivity contribution >= 4 is 31.6 Å². The van der Waals surface area contributed by atoms with E-state index in [0.29, 0.717) is 31.5 Å². The number of hydrogen-bond acceptors (Lipinski definition) is 4. The number of halogens is 1. The summed E-state index contributed by atoms with van der Waals surface area (Å²) >= 11 is 3.53. The Labute approximate surface area is 182 Å². The van der Waals surface area contributed by atoms with Crippen LogP contribution >= 0.6 is 15.9 Å². The van der Waals surface area contributed by atoms with Crippen molar-refractivity contribution in [2.45, 2.75) is 32.4 Å². The number of anilines is 1. The fourth-order valence-corrected chi connectivity index (χ4v) is 6.01. The molecule has 1 aliphatic rings. The van der Waals surface area contributed by atoms with Crippen molar-refractivity contribution < 1.29 is 8.42 Å². The second-order valence-electron chi connectivity index (χ2n) is 7.30. The molecule has 1 unspecified atom stereocenters. The number of alkyl halides is 1. The first kappa shape index (κ1) is 21.8. The van der Waals surface area contributed by atoms with Crippen molar-refractivity contribution in [2.75, 3.05) is 29.1 Å². The first-order chi connectivity index (χ1) is 14.0. The summed E-state index contributed by atoms with van der Waals surface area (Å²) in [4.78, 5) is 2.24. The Balaban J connectivity index is 2.06. The Hall–Kier alpha value is -1.88. The number of nitrogens with zero attached hydrogens (tertiary/aromatic N) is 3. The molecule has 5 nitrogen and oxygen atoms in total. The molecule has 1 aliphatic heterocycles. The Morgan fingerprint density at radius 1 is 1.21 bits per heavy atom. The highest BCUT2D eigenvalue weighted by atomic mass is 79.9. The van der Waals surface area contributed by atoms with Crippen molar-refractivity contribution in [1.29, 1.82) is 5.26 Å². The minimum absolute atomic E-state index is 0.129. The lowest BCUT2D eigenvalue weighted by atomic mass is 10.1. The molecule has 0 saturated carbocycles. The van der Waals surface area contributed by atoms with Crippen LogP contribution in [0.25, 0.3) is 0 Å². The minimum Gasteiger partial charge on any atom is -0.369 e. The van der Waals surface area contributed by atoms with Gasteiger partial charge in [0.05, 0.1) is 17.4 Å². The summed E-state index contributed by atoms with van der Waals surface area (Å²) in [7, 11) is -3.41. The van der Waals surface area contributed by atoms with Gasteiger partial charge in [-0.1, -0.05) is 53.2 Å². The SMILES string of the molecule is CCCS(=O)(=O)N1Cc2cc(C#N)ccc2N(CCBr)CC1Cc1ccccc1. The highest BCUT2D eigenvalue weighted by Crippen LogP contribution is 2.31. The highest BCUT2D eigenvalue weighted by molar-refractivity contribution is 9.09. The van der Waals surface area contributed by atoms with Crippen molar-refractivity contribution in [3.63, 3.8) is 0 Å². The zero-order valence-electron chi connectivity index (χ0n) is 16.6. The lowest BCUT2D eigenvalue weighted by Gasteiger charge is -2.32. The van der Waals surface area contributed by atoms with Gasteiger partial charge in [-0.25, -0.2) is 8.42 Å². The largest absolute Gasteiger partial charge is 0.369 e. The molecule has 0 N–H and O–H groups in total. The number of fused-ring (bicyclic) bond motifs is 1. The van der Waals surface area contributed by atoms with Crippen LogP contribution < -0.4 is 4.90 Å². The van der Waals surface area contributed by atoms with Crippen LogP contribution in [0.4, 0.5) is 5.69 Å². The van der Waals surface area contributed by atoms with E-state index in [2.05, 4.69) is 26.9 Å². The number of rotatable bonds is 7. The lowest BCUT2D eigenvalue weighted by molar-refractivity contribution is 0.319. The van der Waals surface area contributed by atoms with Crippen LogP contribution in [0.5, 0.6) is 0 Å². The van der Waals surface area contributed by atoms with E-state index in [4.69, 9.17) is 0 Å². The van der Waals surface area contributed by atoms with Crippen molar-refractivity contribution in [2.24, 2.45) is 0 Å². The van der Waals surface area contributed by atoms with Gasteiger partial charge in [0.2, 0.25) is 10.0 Å². The van der Waals surface area contributed by atoms with Gasteiger partial charge in [0.15, 0.2) is 0 Å². The van der Waals surface area contributed by atoms with Gasteiger partial charge in [-0.3, -0.25) is 0 Å². The maximum absolute atomic E-state index is 13.2. The van der Waals surface area contributed by atoms with Gasteiger partial charge < -0.3 is 4.90 Å². The Morgan fingerprint density at radius 3 is 2.62 bits per heavy atom. The van der Waals surface area contributed by atoms with E-state index in [1.165, 1.54) is 0 Å². The molecule has 29 heavy (non-hydrogen) atoms. The summed E-state index contributed by atoms with van der Waals surface area (Å²) in [6.07, 6.45) is 1.23. The van der Waals surface area contributed by atoms with Crippen molar-refractivity contribution in [3.8, 4) is 6.07 Å². The van der Waals surface area contributed by atoms with Gasteiger partial charge in [-0.2, -0.15) is 9.57 Å². The quantitative estimate of drug-likeness (QED) is 0.569. The summed E-state index contributed by atoms with van der Waals surface area (Å²) in [5, 5.41) is 10.1. The predicted octanol–water partition coefficient (Wildman–Crippen LogP) is 3.93. The van der Waals surface area contributed by atoms with Crippen LogP contribution in [-0.4, -0.2) is 42.9 Å². The maximum atomic E-state index is 13.2. The number of hydrogen-bond donors (Lipinski definition) is 0. The third-order valence-corrected chi connectivity index (χ3v) is 7.62. The molecule has 0 radical (unpaired) electrons. The summed E-state index contributed by atoms with van der Waals surface area (Å²) in [6, 6.07) is 17.6. The Bertz CT molecular complexity index is 973. The average Bonchev–Trinajstić information content (AvgIpc) is 2.86. The fraction of sp³-hybridized carbons (Fsp3) is 0.409. The molecule has 2 aromatic rings. The monoisotopic (exact) mass is 475 g/mol. The summed E-state index contributed by atoms with van der Waals surface area (Å²) in [5.74, 6) is 0.129. The third-order valence-electron chi connectivity index (χ3n) is 5.20. The minimum atomic E-state index is -3.41. The van der Waals surface area contributed by atoms with Gasteiger partial charge >= 0.3 is 0 Å². The molecular formula is C22H26BrN3O2S. The maximum Gasteiger partial charge on any atom is 0.214 e. The molecule has 2 aromatic carbocycles. The van der Waals surface area contributed by atoms with Gasteiger partial charge in [0.1, 0.15) is 0 Å². The van der Waals surface area contributed by atoms with E-state index in [1.807, 2.05) is 55.5 Å². The molecule has 0 spiro atoms. The molecule has 0 fully saturated rings. The van der Waals surface area contributed by atoms with E-state index in [-0.39, 0.29) is 11.8 Å². The van der Waals surface area contributed by atoms with E-state index in [9.17, 15) is 13.7 Å². The number of benzene rings is 2.